The molecule has 0 amide bonds. The number of rotatable bonds is 10. The Balaban J connectivity index is 0.00000338. The van der Waals surface area contributed by atoms with E-state index in [1.807, 2.05) is 0 Å². The summed E-state index contributed by atoms with van der Waals surface area (Å²) in [7, 11) is 0. The van der Waals surface area contributed by atoms with Gasteiger partial charge in [0.2, 0.25) is 0 Å². The number of hydrogen-bond donors (Lipinski definition) is 2. The van der Waals surface area contributed by atoms with Crippen molar-refractivity contribution in [3.63, 3.8) is 0 Å². The Bertz CT molecular complexity index is 371. The number of hydrogen-bond acceptors (Lipinski definition) is 4. The molecule has 0 aromatic rings. The summed E-state index contributed by atoms with van der Waals surface area (Å²) < 4.78 is 11.3. The highest BCUT2D eigenvalue weighted by atomic mass is 127. The summed E-state index contributed by atoms with van der Waals surface area (Å²) in [5.41, 5.74) is 0. The first-order chi connectivity index (χ1) is 12.3. The van der Waals surface area contributed by atoms with E-state index in [-0.39, 0.29) is 24.0 Å². The number of ether oxygens (including phenoxy) is 2. The maximum Gasteiger partial charge on any atom is 0.191 e. The Labute approximate surface area is 176 Å². The number of unbranched alkanes of at least 4 members (excludes halogenated alkanes) is 1. The van der Waals surface area contributed by atoms with Crippen molar-refractivity contribution in [3.8, 4) is 0 Å². The SMILES string of the molecule is CCCCN1CCC(NC(=NCCOCC2CCCO2)NCC)CC1.I. The molecule has 1 unspecified atom stereocenters. The van der Waals surface area contributed by atoms with Gasteiger partial charge in [0.1, 0.15) is 0 Å². The van der Waals surface area contributed by atoms with E-state index in [1.165, 1.54) is 45.3 Å². The lowest BCUT2D eigenvalue weighted by atomic mass is 10.0. The summed E-state index contributed by atoms with van der Waals surface area (Å²) in [6.45, 7) is 11.8. The Morgan fingerprint density at radius 2 is 2.04 bits per heavy atom. The zero-order valence-electron chi connectivity index (χ0n) is 16.7. The minimum Gasteiger partial charge on any atom is -0.377 e. The van der Waals surface area contributed by atoms with E-state index in [1.54, 1.807) is 0 Å². The van der Waals surface area contributed by atoms with E-state index >= 15 is 0 Å². The van der Waals surface area contributed by atoms with Crippen LogP contribution in [0.1, 0.15) is 52.4 Å². The topological polar surface area (TPSA) is 58.1 Å². The van der Waals surface area contributed by atoms with Crippen LogP contribution in [0.4, 0.5) is 0 Å². The number of nitrogens with zero attached hydrogens (tertiary/aromatic N) is 2. The highest BCUT2D eigenvalue weighted by Crippen LogP contribution is 2.12. The van der Waals surface area contributed by atoms with Crippen molar-refractivity contribution in [2.75, 3.05) is 52.5 Å². The predicted molar refractivity (Wildman–Crippen MR) is 119 cm³/mol. The molecule has 26 heavy (non-hydrogen) atoms. The predicted octanol–water partition coefficient (Wildman–Crippen LogP) is 2.62. The lowest BCUT2D eigenvalue weighted by Gasteiger charge is -2.33. The number of likely N-dealkylation sites (tertiary alicyclic amines) is 1. The molecule has 0 aromatic carbocycles. The average molecular weight is 482 g/mol. The maximum atomic E-state index is 5.69. The molecule has 2 heterocycles. The van der Waals surface area contributed by atoms with Gasteiger partial charge in [-0.2, -0.15) is 0 Å². The summed E-state index contributed by atoms with van der Waals surface area (Å²) in [4.78, 5) is 7.24. The normalized spacial score (nSPS) is 22.2. The van der Waals surface area contributed by atoms with Gasteiger partial charge in [-0.25, -0.2) is 0 Å². The van der Waals surface area contributed by atoms with Gasteiger partial charge in [-0.1, -0.05) is 13.3 Å². The van der Waals surface area contributed by atoms with Crippen LogP contribution >= 0.6 is 24.0 Å². The second-order valence-electron chi connectivity index (χ2n) is 7.08. The quantitative estimate of drug-likeness (QED) is 0.217. The molecule has 2 rings (SSSR count). The molecule has 2 aliphatic heterocycles. The van der Waals surface area contributed by atoms with Gasteiger partial charge in [0.25, 0.3) is 0 Å². The molecule has 0 aromatic heterocycles. The van der Waals surface area contributed by atoms with Gasteiger partial charge in [0.05, 0.1) is 25.9 Å². The van der Waals surface area contributed by atoms with Crippen molar-refractivity contribution in [3.05, 3.63) is 0 Å². The zero-order valence-corrected chi connectivity index (χ0v) is 19.0. The third-order valence-electron chi connectivity index (χ3n) is 4.93. The van der Waals surface area contributed by atoms with Crippen LogP contribution in [0.5, 0.6) is 0 Å². The fourth-order valence-electron chi connectivity index (χ4n) is 3.41. The number of guanidine groups is 1. The van der Waals surface area contributed by atoms with Crippen LogP contribution in [0, 0.1) is 0 Å². The van der Waals surface area contributed by atoms with Gasteiger partial charge in [-0.3, -0.25) is 4.99 Å². The molecule has 0 spiro atoms. The van der Waals surface area contributed by atoms with E-state index in [0.29, 0.717) is 31.9 Å². The molecular weight excluding hydrogens is 443 g/mol. The molecule has 2 saturated heterocycles. The van der Waals surface area contributed by atoms with Crippen molar-refractivity contribution < 1.29 is 9.47 Å². The number of piperidine rings is 1. The molecule has 2 N–H and O–H groups in total. The molecule has 154 valence electrons. The third-order valence-corrected chi connectivity index (χ3v) is 4.93. The standard InChI is InChI=1S/C19H38N4O2.HI/c1-3-5-11-23-12-8-17(9-13-23)22-19(20-4-2)21-10-15-24-16-18-7-6-14-25-18;/h17-18H,3-16H2,1-2H3,(H2,20,21,22);1H. The highest BCUT2D eigenvalue weighted by Gasteiger charge is 2.19. The van der Waals surface area contributed by atoms with Crippen LogP contribution in [0.3, 0.4) is 0 Å². The summed E-state index contributed by atoms with van der Waals surface area (Å²) >= 11 is 0. The summed E-state index contributed by atoms with van der Waals surface area (Å²) in [6.07, 6.45) is 7.59. The van der Waals surface area contributed by atoms with Crippen molar-refractivity contribution in [1.29, 1.82) is 0 Å². The van der Waals surface area contributed by atoms with E-state index in [2.05, 4.69) is 34.4 Å². The summed E-state index contributed by atoms with van der Waals surface area (Å²) in [5.74, 6) is 0.926. The van der Waals surface area contributed by atoms with Crippen LogP contribution in [-0.2, 0) is 9.47 Å². The van der Waals surface area contributed by atoms with Gasteiger partial charge in [0.15, 0.2) is 5.96 Å². The van der Waals surface area contributed by atoms with Crippen LogP contribution in [0.15, 0.2) is 4.99 Å². The van der Waals surface area contributed by atoms with E-state index in [4.69, 9.17) is 9.47 Å². The maximum absolute atomic E-state index is 5.69. The van der Waals surface area contributed by atoms with Crippen LogP contribution < -0.4 is 10.6 Å². The Kier molecular flexibility index (Phi) is 13.7. The van der Waals surface area contributed by atoms with E-state index in [9.17, 15) is 0 Å². The van der Waals surface area contributed by atoms with Crippen molar-refractivity contribution in [2.24, 2.45) is 4.99 Å². The van der Waals surface area contributed by atoms with Gasteiger partial charge in [-0.05, 0) is 45.6 Å². The molecule has 2 aliphatic rings. The number of nitrogens with one attached hydrogen (secondary N) is 2. The monoisotopic (exact) mass is 482 g/mol. The number of halogens is 1. The minimum absolute atomic E-state index is 0. The molecular formula is C19H39IN4O2. The molecule has 1 atom stereocenters. The minimum atomic E-state index is 0. The first kappa shape index (κ1) is 23.9. The zero-order chi connectivity index (χ0) is 17.7. The smallest absolute Gasteiger partial charge is 0.191 e. The van der Waals surface area contributed by atoms with Crippen molar-refractivity contribution in [1.82, 2.24) is 15.5 Å². The fourth-order valence-corrected chi connectivity index (χ4v) is 3.41. The fraction of sp³-hybridized carbons (Fsp3) is 0.947. The highest BCUT2D eigenvalue weighted by molar-refractivity contribution is 14.0. The Hall–Kier alpha value is -0.120. The largest absolute Gasteiger partial charge is 0.377 e. The van der Waals surface area contributed by atoms with Gasteiger partial charge in [0, 0.05) is 32.3 Å². The molecule has 6 nitrogen and oxygen atoms in total. The third kappa shape index (κ3) is 9.71. The van der Waals surface area contributed by atoms with Crippen LogP contribution in [0.2, 0.25) is 0 Å². The first-order valence-corrected chi connectivity index (χ1v) is 10.3. The molecule has 0 saturated carbocycles. The number of aliphatic imine (C=N–C) groups is 1. The van der Waals surface area contributed by atoms with E-state index < -0.39 is 0 Å². The molecule has 7 heteroatoms. The average Bonchev–Trinajstić information content (AvgIpc) is 3.14. The molecule has 0 bridgehead atoms. The molecule has 2 fully saturated rings. The van der Waals surface area contributed by atoms with Crippen LogP contribution in [-0.4, -0.2) is 75.5 Å². The second-order valence-corrected chi connectivity index (χ2v) is 7.08. The van der Waals surface area contributed by atoms with Crippen LogP contribution in [0.25, 0.3) is 0 Å². The van der Waals surface area contributed by atoms with Gasteiger partial charge in [-0.15, -0.1) is 24.0 Å². The lowest BCUT2D eigenvalue weighted by Crippen LogP contribution is -2.48. The summed E-state index contributed by atoms with van der Waals surface area (Å²) in [5, 5.41) is 6.95. The molecule has 0 radical (unpaired) electrons. The van der Waals surface area contributed by atoms with Gasteiger partial charge >= 0.3 is 0 Å². The lowest BCUT2D eigenvalue weighted by molar-refractivity contribution is 0.0200. The first-order valence-electron chi connectivity index (χ1n) is 10.3. The van der Waals surface area contributed by atoms with E-state index in [0.717, 1.165) is 32.0 Å². The van der Waals surface area contributed by atoms with Crippen molar-refractivity contribution in [2.45, 2.75) is 64.5 Å². The second kappa shape index (κ2) is 14.9. The Morgan fingerprint density at radius 3 is 2.69 bits per heavy atom. The summed E-state index contributed by atoms with van der Waals surface area (Å²) in [6, 6.07) is 0.531. The molecule has 0 aliphatic carbocycles. The van der Waals surface area contributed by atoms with Gasteiger partial charge < -0.3 is 25.0 Å². The Morgan fingerprint density at radius 1 is 1.23 bits per heavy atom. The van der Waals surface area contributed by atoms with Crippen molar-refractivity contribution >= 4 is 29.9 Å².